The first-order chi connectivity index (χ1) is 8.72. The first-order valence-electron chi connectivity index (χ1n) is 6.23. The van der Waals surface area contributed by atoms with Crippen molar-refractivity contribution in [3.63, 3.8) is 0 Å². The van der Waals surface area contributed by atoms with Gasteiger partial charge in [-0.1, -0.05) is 0 Å². The molecule has 0 unspecified atom stereocenters. The van der Waals surface area contributed by atoms with Gasteiger partial charge in [0.15, 0.2) is 0 Å². The first-order valence-corrected chi connectivity index (χ1v) is 8.20. The molecular formula is C12H19NO4S2. The van der Waals surface area contributed by atoms with E-state index in [0.29, 0.717) is 13.0 Å². The molecule has 2 fully saturated rings. The zero-order chi connectivity index (χ0) is 14.3. The van der Waals surface area contributed by atoms with Crippen molar-refractivity contribution in [3.8, 4) is 0 Å². The van der Waals surface area contributed by atoms with Gasteiger partial charge in [-0.25, -0.2) is 9.59 Å². The van der Waals surface area contributed by atoms with Crippen LogP contribution < -0.4 is 0 Å². The molecule has 2 saturated heterocycles. The topological polar surface area (TPSA) is 66.8 Å². The number of aliphatic carboxylic acids is 1. The van der Waals surface area contributed by atoms with Gasteiger partial charge in [-0.15, -0.1) is 23.5 Å². The van der Waals surface area contributed by atoms with Crippen LogP contribution in [0, 0.1) is 0 Å². The molecule has 1 N–H and O–H groups in total. The summed E-state index contributed by atoms with van der Waals surface area (Å²) in [6.45, 7) is 5.80. The van der Waals surface area contributed by atoms with Gasteiger partial charge in [0, 0.05) is 24.5 Å². The van der Waals surface area contributed by atoms with Crippen LogP contribution in [-0.2, 0) is 9.53 Å². The Morgan fingerprint density at radius 2 is 1.89 bits per heavy atom. The number of carboxylic acid groups (broad SMARTS) is 1. The van der Waals surface area contributed by atoms with E-state index in [1.54, 1.807) is 44.3 Å². The Morgan fingerprint density at radius 3 is 2.37 bits per heavy atom. The number of hydrogen-bond acceptors (Lipinski definition) is 5. The lowest BCUT2D eigenvalue weighted by Crippen LogP contribution is -2.43. The number of nitrogens with zero attached hydrogens (tertiary/aromatic N) is 1. The standard InChI is InChI=1S/C12H19NO4S2/c1-11(2,3)17-10(16)13-7-12(18-4-5-19-12)6-8(13)9(14)15/h8H,4-7H2,1-3H3,(H,14,15)/t8-/m0/s1. The third-order valence-corrected chi connectivity index (χ3v) is 6.44. The number of carbonyl (C=O) groups is 2. The quantitative estimate of drug-likeness (QED) is 0.801. The van der Waals surface area contributed by atoms with Crippen molar-refractivity contribution in [3.05, 3.63) is 0 Å². The molecule has 1 spiro atoms. The van der Waals surface area contributed by atoms with Crippen molar-refractivity contribution in [1.29, 1.82) is 0 Å². The highest BCUT2D eigenvalue weighted by Crippen LogP contribution is 2.51. The summed E-state index contributed by atoms with van der Waals surface area (Å²) in [5.74, 6) is 1.08. The molecule has 2 aliphatic heterocycles. The predicted molar refractivity (Wildman–Crippen MR) is 76.6 cm³/mol. The van der Waals surface area contributed by atoms with E-state index in [1.807, 2.05) is 0 Å². The van der Waals surface area contributed by atoms with Gasteiger partial charge in [0.2, 0.25) is 0 Å². The third kappa shape index (κ3) is 3.31. The van der Waals surface area contributed by atoms with Crippen molar-refractivity contribution < 1.29 is 19.4 Å². The Hall–Kier alpha value is -0.560. The van der Waals surface area contributed by atoms with Gasteiger partial charge >= 0.3 is 12.1 Å². The van der Waals surface area contributed by atoms with Crippen molar-refractivity contribution in [2.75, 3.05) is 18.1 Å². The van der Waals surface area contributed by atoms with Crippen LogP contribution in [0.15, 0.2) is 0 Å². The summed E-state index contributed by atoms with van der Waals surface area (Å²) >= 11 is 3.53. The third-order valence-electron chi connectivity index (χ3n) is 3.02. The van der Waals surface area contributed by atoms with Crippen molar-refractivity contribution in [1.82, 2.24) is 4.90 Å². The maximum atomic E-state index is 12.1. The first kappa shape index (κ1) is 14.8. The molecule has 0 aliphatic carbocycles. The highest BCUT2D eigenvalue weighted by molar-refractivity contribution is 8.21. The van der Waals surface area contributed by atoms with E-state index >= 15 is 0 Å². The molecule has 2 aliphatic rings. The van der Waals surface area contributed by atoms with Crippen LogP contribution in [-0.4, -0.2) is 55.8 Å². The van der Waals surface area contributed by atoms with Gasteiger partial charge in [0.05, 0.1) is 4.08 Å². The van der Waals surface area contributed by atoms with Gasteiger partial charge in [0.25, 0.3) is 0 Å². The Balaban J connectivity index is 2.13. The van der Waals surface area contributed by atoms with Crippen LogP contribution in [0.25, 0.3) is 0 Å². The van der Waals surface area contributed by atoms with Crippen molar-refractivity contribution >= 4 is 35.6 Å². The van der Waals surface area contributed by atoms with E-state index in [1.165, 1.54) is 4.90 Å². The summed E-state index contributed by atoms with van der Waals surface area (Å²) in [5, 5.41) is 9.31. The molecule has 2 rings (SSSR count). The van der Waals surface area contributed by atoms with E-state index < -0.39 is 23.7 Å². The van der Waals surface area contributed by atoms with Gasteiger partial charge in [0.1, 0.15) is 11.6 Å². The van der Waals surface area contributed by atoms with E-state index in [2.05, 4.69) is 0 Å². The number of carboxylic acids is 1. The van der Waals surface area contributed by atoms with Crippen molar-refractivity contribution in [2.45, 2.75) is 42.9 Å². The normalized spacial score (nSPS) is 25.8. The van der Waals surface area contributed by atoms with Gasteiger partial charge < -0.3 is 9.84 Å². The lowest BCUT2D eigenvalue weighted by atomic mass is 10.2. The number of amides is 1. The highest BCUT2D eigenvalue weighted by atomic mass is 32.2. The SMILES string of the molecule is CC(C)(C)OC(=O)N1CC2(C[C@H]1C(=O)O)SCCS2. The Bertz CT molecular complexity index is 388. The highest BCUT2D eigenvalue weighted by Gasteiger charge is 2.52. The molecule has 108 valence electrons. The number of hydrogen-bond donors (Lipinski definition) is 1. The number of carbonyl (C=O) groups excluding carboxylic acids is 1. The minimum Gasteiger partial charge on any atom is -0.480 e. The number of likely N-dealkylation sites (tertiary alicyclic amines) is 1. The molecule has 2 heterocycles. The lowest BCUT2D eigenvalue weighted by molar-refractivity contribution is -0.142. The van der Waals surface area contributed by atoms with Crippen LogP contribution in [0.2, 0.25) is 0 Å². The van der Waals surface area contributed by atoms with Crippen LogP contribution in [0.4, 0.5) is 4.79 Å². The van der Waals surface area contributed by atoms with Crippen LogP contribution in [0.3, 0.4) is 0 Å². The maximum absolute atomic E-state index is 12.1. The second-order valence-electron chi connectivity index (χ2n) is 5.77. The number of rotatable bonds is 1. The molecule has 0 aromatic carbocycles. The predicted octanol–water partition coefficient (Wildman–Crippen LogP) is 2.26. The molecule has 7 heteroatoms. The number of ether oxygens (including phenoxy) is 1. The Kier molecular flexibility index (Phi) is 3.97. The maximum Gasteiger partial charge on any atom is 0.411 e. The second-order valence-corrected chi connectivity index (χ2v) is 8.99. The molecule has 0 saturated carbocycles. The fourth-order valence-corrected chi connectivity index (χ4v) is 5.53. The summed E-state index contributed by atoms with van der Waals surface area (Å²) in [6, 6.07) is -0.770. The number of thioether (sulfide) groups is 2. The molecular weight excluding hydrogens is 286 g/mol. The second kappa shape index (κ2) is 5.09. The van der Waals surface area contributed by atoms with E-state index in [0.717, 1.165) is 11.5 Å². The molecule has 0 radical (unpaired) electrons. The Morgan fingerprint density at radius 1 is 1.32 bits per heavy atom. The summed E-state index contributed by atoms with van der Waals surface area (Å²) in [7, 11) is 0. The summed E-state index contributed by atoms with van der Waals surface area (Å²) in [6.07, 6.45) is -0.0263. The average Bonchev–Trinajstić information content (AvgIpc) is 2.84. The van der Waals surface area contributed by atoms with Crippen LogP contribution in [0.1, 0.15) is 27.2 Å². The van der Waals surface area contributed by atoms with Crippen molar-refractivity contribution in [2.24, 2.45) is 0 Å². The zero-order valence-electron chi connectivity index (χ0n) is 11.3. The zero-order valence-corrected chi connectivity index (χ0v) is 13.0. The van der Waals surface area contributed by atoms with Gasteiger partial charge in [-0.05, 0) is 20.8 Å². The lowest BCUT2D eigenvalue weighted by Gasteiger charge is -2.27. The molecule has 0 aromatic heterocycles. The van der Waals surface area contributed by atoms with E-state index in [9.17, 15) is 14.7 Å². The van der Waals surface area contributed by atoms with E-state index in [-0.39, 0.29) is 4.08 Å². The largest absolute Gasteiger partial charge is 0.480 e. The average molecular weight is 305 g/mol. The molecule has 19 heavy (non-hydrogen) atoms. The summed E-state index contributed by atoms with van der Waals surface area (Å²) in [5.41, 5.74) is -0.605. The summed E-state index contributed by atoms with van der Waals surface area (Å²) < 4.78 is 5.16. The van der Waals surface area contributed by atoms with Gasteiger partial charge in [-0.2, -0.15) is 0 Å². The van der Waals surface area contributed by atoms with E-state index in [4.69, 9.17) is 4.74 Å². The molecule has 1 amide bonds. The minimum absolute atomic E-state index is 0.153. The smallest absolute Gasteiger partial charge is 0.411 e. The fourth-order valence-electron chi connectivity index (χ4n) is 2.28. The molecule has 1 atom stereocenters. The summed E-state index contributed by atoms with van der Waals surface area (Å²) in [4.78, 5) is 24.9. The molecule has 0 bridgehead atoms. The monoisotopic (exact) mass is 305 g/mol. The Labute approximate surface area is 121 Å². The molecule has 0 aromatic rings. The fraction of sp³-hybridized carbons (Fsp3) is 0.833. The van der Waals surface area contributed by atoms with Crippen LogP contribution >= 0.6 is 23.5 Å². The molecule has 5 nitrogen and oxygen atoms in total. The van der Waals surface area contributed by atoms with Gasteiger partial charge in [-0.3, -0.25) is 4.90 Å². The minimum atomic E-state index is -0.948. The van der Waals surface area contributed by atoms with Crippen LogP contribution in [0.5, 0.6) is 0 Å².